The summed E-state index contributed by atoms with van der Waals surface area (Å²) in [7, 11) is 1.84. The van der Waals surface area contributed by atoms with Crippen LogP contribution in [0.2, 0.25) is 0 Å². The van der Waals surface area contributed by atoms with Gasteiger partial charge in [-0.3, -0.25) is 9.59 Å². The number of nitrogens with zero attached hydrogens (tertiary/aromatic N) is 2. The fourth-order valence-corrected chi connectivity index (χ4v) is 5.25. The number of esters is 1. The third-order valence-electron chi connectivity index (χ3n) is 4.96. The first-order valence-corrected chi connectivity index (χ1v) is 12.1. The summed E-state index contributed by atoms with van der Waals surface area (Å²) in [6, 6.07) is 12.7. The molecule has 3 heterocycles. The largest absolute Gasteiger partial charge is 0.452 e. The topological polar surface area (TPSA) is 102 Å². The number of carbonyl (C=O) groups excluding carboxylic acids is 3. The lowest BCUT2D eigenvalue weighted by Gasteiger charge is -2.19. The molecule has 0 saturated heterocycles. The molecule has 2 N–H and O–H groups in total. The molecule has 1 unspecified atom stereocenters. The highest BCUT2D eigenvalue weighted by atomic mass is 32.1. The fraction of sp³-hybridized carbons (Fsp3) is 0.167. The maximum absolute atomic E-state index is 13.0. The van der Waals surface area contributed by atoms with Gasteiger partial charge in [-0.2, -0.15) is 0 Å². The van der Waals surface area contributed by atoms with Crippen LogP contribution in [0.4, 0.5) is 5.00 Å². The van der Waals surface area contributed by atoms with Gasteiger partial charge in [0.25, 0.3) is 5.91 Å². The Bertz CT molecular complexity index is 1300. The first-order valence-electron chi connectivity index (χ1n) is 10.4. The predicted octanol–water partition coefficient (Wildman–Crippen LogP) is 4.23. The van der Waals surface area contributed by atoms with Gasteiger partial charge in [0.1, 0.15) is 22.4 Å². The molecule has 174 valence electrons. The van der Waals surface area contributed by atoms with Crippen LogP contribution in [0.3, 0.4) is 0 Å². The number of hydrogen-bond donors (Lipinski definition) is 2. The Morgan fingerprint density at radius 2 is 1.91 bits per heavy atom. The second-order valence-electron chi connectivity index (χ2n) is 7.40. The standard InChI is InChI=1S/C24H22N4O4S2/c1-15(29)26-23-20(17(14-34-23)18-9-6-12-33-18)24(31)32-13-19(30)27-21(16-7-4-3-5-8-16)22-25-10-11-28(22)2/h3-12,14,21H,13H2,1-2H3,(H,26,29)(H,27,30). The molecular formula is C24H22N4O4S2. The van der Waals surface area contributed by atoms with Gasteiger partial charge in [-0.1, -0.05) is 36.4 Å². The molecule has 10 heteroatoms. The minimum absolute atomic E-state index is 0.235. The summed E-state index contributed by atoms with van der Waals surface area (Å²) in [5.41, 5.74) is 1.74. The zero-order chi connectivity index (χ0) is 24.1. The monoisotopic (exact) mass is 494 g/mol. The lowest BCUT2D eigenvalue weighted by Crippen LogP contribution is -2.34. The van der Waals surface area contributed by atoms with Crippen molar-refractivity contribution in [1.29, 1.82) is 0 Å². The van der Waals surface area contributed by atoms with Gasteiger partial charge in [0.05, 0.1) is 0 Å². The number of carbonyl (C=O) groups is 3. The molecule has 0 aliphatic carbocycles. The van der Waals surface area contributed by atoms with Crippen LogP contribution in [0.1, 0.15) is 34.7 Å². The van der Waals surface area contributed by atoms with Gasteiger partial charge in [0, 0.05) is 42.2 Å². The molecule has 2 amide bonds. The first kappa shape index (κ1) is 23.4. The molecule has 1 atom stereocenters. The Kier molecular flexibility index (Phi) is 7.19. The van der Waals surface area contributed by atoms with Gasteiger partial charge in [0.2, 0.25) is 5.91 Å². The molecule has 0 saturated carbocycles. The predicted molar refractivity (Wildman–Crippen MR) is 132 cm³/mol. The summed E-state index contributed by atoms with van der Waals surface area (Å²) >= 11 is 2.70. The normalized spacial score (nSPS) is 11.6. The molecule has 34 heavy (non-hydrogen) atoms. The zero-order valence-corrected chi connectivity index (χ0v) is 20.1. The number of nitrogens with one attached hydrogen (secondary N) is 2. The number of anilines is 1. The number of benzene rings is 1. The molecule has 1 aromatic carbocycles. The van der Waals surface area contributed by atoms with E-state index in [-0.39, 0.29) is 11.5 Å². The molecule has 0 aliphatic heterocycles. The van der Waals surface area contributed by atoms with Crippen molar-refractivity contribution in [2.45, 2.75) is 13.0 Å². The van der Waals surface area contributed by atoms with Crippen molar-refractivity contribution in [1.82, 2.24) is 14.9 Å². The van der Waals surface area contributed by atoms with Gasteiger partial charge in [-0.25, -0.2) is 9.78 Å². The van der Waals surface area contributed by atoms with E-state index in [0.717, 1.165) is 10.4 Å². The Morgan fingerprint density at radius 3 is 2.56 bits per heavy atom. The molecule has 0 fully saturated rings. The summed E-state index contributed by atoms with van der Waals surface area (Å²) in [6.07, 6.45) is 3.45. The van der Waals surface area contributed by atoms with E-state index in [4.69, 9.17) is 4.74 Å². The van der Waals surface area contributed by atoms with Crippen LogP contribution in [0.15, 0.2) is 65.6 Å². The van der Waals surface area contributed by atoms with Crippen molar-refractivity contribution in [3.05, 3.63) is 82.6 Å². The van der Waals surface area contributed by atoms with Crippen LogP contribution in [-0.2, 0) is 21.4 Å². The van der Waals surface area contributed by atoms with Crippen LogP contribution in [-0.4, -0.2) is 33.9 Å². The van der Waals surface area contributed by atoms with Crippen LogP contribution in [0.5, 0.6) is 0 Å². The maximum atomic E-state index is 13.0. The number of thiophene rings is 2. The Labute approximate surface area is 204 Å². The van der Waals surface area contributed by atoms with Crippen LogP contribution >= 0.6 is 22.7 Å². The average molecular weight is 495 g/mol. The minimum Gasteiger partial charge on any atom is -0.452 e. The van der Waals surface area contributed by atoms with Gasteiger partial charge < -0.3 is 19.9 Å². The molecule has 0 radical (unpaired) electrons. The highest BCUT2D eigenvalue weighted by molar-refractivity contribution is 7.17. The summed E-state index contributed by atoms with van der Waals surface area (Å²) in [6.45, 7) is 0.889. The van der Waals surface area contributed by atoms with Gasteiger partial charge in [0.15, 0.2) is 6.61 Å². The lowest BCUT2D eigenvalue weighted by atomic mass is 10.1. The van der Waals surface area contributed by atoms with Crippen LogP contribution in [0.25, 0.3) is 10.4 Å². The van der Waals surface area contributed by atoms with Gasteiger partial charge >= 0.3 is 5.97 Å². The van der Waals surface area contributed by atoms with E-state index >= 15 is 0 Å². The van der Waals surface area contributed by atoms with Crippen molar-refractivity contribution in [2.75, 3.05) is 11.9 Å². The van der Waals surface area contributed by atoms with E-state index in [1.165, 1.54) is 29.6 Å². The Morgan fingerprint density at radius 1 is 1.12 bits per heavy atom. The Hall–Kier alpha value is -3.76. The number of hydrogen-bond acceptors (Lipinski definition) is 7. The third-order valence-corrected chi connectivity index (χ3v) is 6.76. The minimum atomic E-state index is -0.684. The number of aromatic nitrogens is 2. The van der Waals surface area contributed by atoms with Crippen molar-refractivity contribution in [3.63, 3.8) is 0 Å². The van der Waals surface area contributed by atoms with E-state index in [2.05, 4.69) is 15.6 Å². The van der Waals surface area contributed by atoms with Gasteiger partial charge in [-0.15, -0.1) is 22.7 Å². The lowest BCUT2D eigenvalue weighted by molar-refractivity contribution is -0.124. The quantitative estimate of drug-likeness (QED) is 0.357. The fourth-order valence-electron chi connectivity index (χ4n) is 3.43. The van der Waals surface area contributed by atoms with E-state index in [9.17, 15) is 14.4 Å². The number of amides is 2. The molecule has 0 aliphatic rings. The molecule has 0 bridgehead atoms. The van der Waals surface area contributed by atoms with Crippen molar-refractivity contribution >= 4 is 45.5 Å². The second kappa shape index (κ2) is 10.4. The van der Waals surface area contributed by atoms with Crippen molar-refractivity contribution in [3.8, 4) is 10.4 Å². The highest BCUT2D eigenvalue weighted by Gasteiger charge is 2.25. The van der Waals surface area contributed by atoms with E-state index < -0.39 is 24.5 Å². The summed E-state index contributed by atoms with van der Waals surface area (Å²) in [5.74, 6) is -0.806. The van der Waals surface area contributed by atoms with Gasteiger partial charge in [-0.05, 0) is 17.0 Å². The summed E-state index contributed by atoms with van der Waals surface area (Å²) in [5, 5.41) is 9.65. The van der Waals surface area contributed by atoms with Crippen molar-refractivity contribution in [2.24, 2.45) is 7.05 Å². The number of ether oxygens (including phenoxy) is 1. The molecule has 4 rings (SSSR count). The zero-order valence-electron chi connectivity index (χ0n) is 18.5. The average Bonchev–Trinajstić information content (AvgIpc) is 3.57. The van der Waals surface area contributed by atoms with E-state index in [0.29, 0.717) is 16.4 Å². The third kappa shape index (κ3) is 5.24. The van der Waals surface area contributed by atoms with E-state index in [1.54, 1.807) is 17.8 Å². The number of imidazole rings is 1. The maximum Gasteiger partial charge on any atom is 0.342 e. The smallest absolute Gasteiger partial charge is 0.342 e. The molecule has 0 spiro atoms. The highest BCUT2D eigenvalue weighted by Crippen LogP contribution is 2.38. The first-order chi connectivity index (χ1) is 16.4. The number of aryl methyl sites for hydroxylation is 1. The van der Waals surface area contributed by atoms with Crippen LogP contribution < -0.4 is 10.6 Å². The second-order valence-corrected chi connectivity index (χ2v) is 9.22. The summed E-state index contributed by atoms with van der Waals surface area (Å²) in [4.78, 5) is 42.6. The van der Waals surface area contributed by atoms with Crippen LogP contribution in [0, 0.1) is 0 Å². The molecule has 3 aromatic heterocycles. The molecular weight excluding hydrogens is 472 g/mol. The Balaban J connectivity index is 1.51. The van der Waals surface area contributed by atoms with E-state index in [1.807, 2.05) is 59.5 Å². The SMILES string of the molecule is CC(=O)Nc1scc(-c2cccs2)c1C(=O)OCC(=O)NC(c1ccccc1)c1nccn1C. The molecule has 8 nitrogen and oxygen atoms in total. The summed E-state index contributed by atoms with van der Waals surface area (Å²) < 4.78 is 7.20. The number of rotatable bonds is 8. The van der Waals surface area contributed by atoms with Crippen molar-refractivity contribution < 1.29 is 19.1 Å². The molecule has 4 aromatic rings.